The standard InChI is InChI=1S/C32H25OP/c33-34(26-15-3-1-4-16-26,27-17-5-2-6-18-27)31-23-22-25-13-8-10-20-29(25)32(31)30-21-11-14-24-12-7-9-19-28(24)30/h1-10,12-13,15-23H,11,14H2. The second-order valence-corrected chi connectivity index (χ2v) is 11.5. The van der Waals surface area contributed by atoms with E-state index in [9.17, 15) is 0 Å². The van der Waals surface area contributed by atoms with E-state index < -0.39 is 7.14 Å². The van der Waals surface area contributed by atoms with Crippen molar-refractivity contribution < 1.29 is 4.57 Å². The van der Waals surface area contributed by atoms with E-state index >= 15 is 4.57 Å². The lowest BCUT2D eigenvalue weighted by Gasteiger charge is -2.27. The molecule has 0 radical (unpaired) electrons. The number of hydrogen-bond donors (Lipinski definition) is 0. The van der Waals surface area contributed by atoms with Gasteiger partial charge >= 0.3 is 0 Å². The number of aryl methyl sites for hydroxylation is 1. The maximum absolute atomic E-state index is 15.4. The van der Waals surface area contributed by atoms with Crippen molar-refractivity contribution in [2.45, 2.75) is 12.8 Å². The smallest absolute Gasteiger partial charge is 0.171 e. The van der Waals surface area contributed by atoms with E-state index in [1.54, 1.807) is 0 Å². The van der Waals surface area contributed by atoms with Crippen molar-refractivity contribution >= 4 is 39.4 Å². The van der Waals surface area contributed by atoms with Gasteiger partial charge in [0, 0.05) is 21.5 Å². The highest BCUT2D eigenvalue weighted by atomic mass is 31.2. The van der Waals surface area contributed by atoms with Crippen LogP contribution in [0.25, 0.3) is 16.3 Å². The normalized spacial score (nSPS) is 13.4. The first-order valence-corrected chi connectivity index (χ1v) is 13.5. The van der Waals surface area contributed by atoms with Crippen molar-refractivity contribution in [1.29, 1.82) is 0 Å². The quantitative estimate of drug-likeness (QED) is 0.270. The molecule has 1 nitrogen and oxygen atoms in total. The van der Waals surface area contributed by atoms with Crippen LogP contribution in [0.5, 0.6) is 0 Å². The Bertz CT molecular complexity index is 1520. The van der Waals surface area contributed by atoms with Crippen molar-refractivity contribution in [2.24, 2.45) is 0 Å². The van der Waals surface area contributed by atoms with Gasteiger partial charge in [-0.05, 0) is 46.4 Å². The predicted molar refractivity (Wildman–Crippen MR) is 145 cm³/mol. The summed E-state index contributed by atoms with van der Waals surface area (Å²) in [6, 6.07) is 41.3. The first kappa shape index (κ1) is 20.9. The molecule has 0 heterocycles. The van der Waals surface area contributed by atoms with Crippen molar-refractivity contribution in [3.05, 3.63) is 144 Å². The van der Waals surface area contributed by atoms with Gasteiger partial charge in [-0.2, -0.15) is 0 Å². The summed E-state index contributed by atoms with van der Waals surface area (Å²) >= 11 is 0. The molecule has 0 N–H and O–H groups in total. The van der Waals surface area contributed by atoms with E-state index in [2.05, 4.69) is 66.7 Å². The molecule has 1 aliphatic carbocycles. The first-order chi connectivity index (χ1) is 16.8. The van der Waals surface area contributed by atoms with Crippen LogP contribution in [0.3, 0.4) is 0 Å². The largest absolute Gasteiger partial charge is 0.309 e. The second-order valence-electron chi connectivity index (χ2n) is 8.77. The molecule has 0 aliphatic heterocycles. The van der Waals surface area contributed by atoms with Crippen LogP contribution in [0.1, 0.15) is 23.1 Å². The molecule has 0 bridgehead atoms. The summed E-state index contributed by atoms with van der Waals surface area (Å²) in [6.45, 7) is 0. The van der Waals surface area contributed by atoms with Gasteiger partial charge in [-0.3, -0.25) is 0 Å². The lowest BCUT2D eigenvalue weighted by molar-refractivity contribution is 0.592. The van der Waals surface area contributed by atoms with Crippen LogP contribution in [0.4, 0.5) is 0 Å². The highest BCUT2D eigenvalue weighted by Crippen LogP contribution is 2.47. The van der Waals surface area contributed by atoms with Crippen molar-refractivity contribution in [3.8, 4) is 0 Å². The fraction of sp³-hybridized carbons (Fsp3) is 0.0625. The lowest BCUT2D eigenvalue weighted by atomic mass is 9.85. The molecular weight excluding hydrogens is 431 g/mol. The van der Waals surface area contributed by atoms with Crippen LogP contribution in [0.2, 0.25) is 0 Å². The molecule has 0 atom stereocenters. The van der Waals surface area contributed by atoms with Gasteiger partial charge in [0.1, 0.15) is 0 Å². The van der Waals surface area contributed by atoms with Gasteiger partial charge in [-0.15, -0.1) is 0 Å². The minimum Gasteiger partial charge on any atom is -0.309 e. The number of rotatable bonds is 4. The fourth-order valence-electron chi connectivity index (χ4n) is 5.23. The van der Waals surface area contributed by atoms with Gasteiger partial charge < -0.3 is 4.57 Å². The molecule has 0 aromatic heterocycles. The Morgan fingerprint density at radius 3 is 1.94 bits per heavy atom. The zero-order chi connectivity index (χ0) is 23.0. The number of fused-ring (bicyclic) bond motifs is 2. The molecule has 2 heteroatoms. The summed E-state index contributed by atoms with van der Waals surface area (Å²) in [4.78, 5) is 0. The minimum absolute atomic E-state index is 0.863. The summed E-state index contributed by atoms with van der Waals surface area (Å²) in [5.74, 6) is 0. The minimum atomic E-state index is -3.14. The van der Waals surface area contributed by atoms with Gasteiger partial charge in [0.25, 0.3) is 0 Å². The Morgan fingerprint density at radius 2 is 1.21 bits per heavy atom. The van der Waals surface area contributed by atoms with E-state index in [0.717, 1.165) is 45.1 Å². The SMILES string of the molecule is O=P(c1ccccc1)(c1ccccc1)c1ccc2ccccc2c1C1=CCCc2ccccc21. The zero-order valence-electron chi connectivity index (χ0n) is 18.9. The van der Waals surface area contributed by atoms with Gasteiger partial charge in [0.15, 0.2) is 7.14 Å². The highest BCUT2D eigenvalue weighted by Gasteiger charge is 2.34. The summed E-state index contributed by atoms with van der Waals surface area (Å²) in [7, 11) is -3.14. The molecule has 5 aromatic carbocycles. The molecule has 164 valence electrons. The van der Waals surface area contributed by atoms with Crippen LogP contribution in [-0.2, 0) is 11.0 Å². The fourth-order valence-corrected chi connectivity index (χ4v) is 8.11. The third kappa shape index (κ3) is 3.36. The third-order valence-corrected chi connectivity index (χ3v) is 9.93. The average Bonchev–Trinajstić information content (AvgIpc) is 2.92. The van der Waals surface area contributed by atoms with Crippen LogP contribution >= 0.6 is 7.14 Å². The third-order valence-electron chi connectivity index (χ3n) is 6.82. The van der Waals surface area contributed by atoms with Gasteiger partial charge in [0.05, 0.1) is 0 Å². The van der Waals surface area contributed by atoms with E-state index in [-0.39, 0.29) is 0 Å². The van der Waals surface area contributed by atoms with Gasteiger partial charge in [-0.1, -0.05) is 121 Å². The molecule has 0 unspecified atom stereocenters. The monoisotopic (exact) mass is 456 g/mol. The van der Waals surface area contributed by atoms with E-state index in [0.29, 0.717) is 0 Å². The molecule has 0 saturated heterocycles. The van der Waals surface area contributed by atoms with Gasteiger partial charge in [-0.25, -0.2) is 0 Å². The molecular formula is C32H25OP. The Balaban J connectivity index is 1.74. The molecule has 1 aliphatic rings. The number of hydrogen-bond acceptors (Lipinski definition) is 1. The van der Waals surface area contributed by atoms with Crippen molar-refractivity contribution in [2.75, 3.05) is 0 Å². The Hall–Kier alpha value is -3.67. The maximum atomic E-state index is 15.4. The lowest BCUT2D eigenvalue weighted by Crippen LogP contribution is -2.27. The summed E-state index contributed by atoms with van der Waals surface area (Å²) in [5, 5.41) is 4.95. The Morgan fingerprint density at radius 1 is 0.588 bits per heavy atom. The summed E-state index contributed by atoms with van der Waals surface area (Å²) in [5.41, 5.74) is 4.90. The maximum Gasteiger partial charge on any atom is 0.171 e. The first-order valence-electron chi connectivity index (χ1n) is 11.8. The molecule has 0 fully saturated rings. The van der Waals surface area contributed by atoms with E-state index in [4.69, 9.17) is 0 Å². The molecule has 34 heavy (non-hydrogen) atoms. The summed E-state index contributed by atoms with van der Waals surface area (Å²) in [6.07, 6.45) is 4.36. The van der Waals surface area contributed by atoms with Crippen LogP contribution in [0, 0.1) is 0 Å². The zero-order valence-corrected chi connectivity index (χ0v) is 19.8. The van der Waals surface area contributed by atoms with Crippen LogP contribution < -0.4 is 15.9 Å². The van der Waals surface area contributed by atoms with E-state index in [1.165, 1.54) is 16.7 Å². The van der Waals surface area contributed by atoms with Crippen molar-refractivity contribution in [1.82, 2.24) is 0 Å². The second kappa shape index (κ2) is 8.60. The molecule has 6 rings (SSSR count). The van der Waals surface area contributed by atoms with Gasteiger partial charge in [0.2, 0.25) is 0 Å². The van der Waals surface area contributed by atoms with Crippen LogP contribution in [0.15, 0.2) is 127 Å². The van der Waals surface area contributed by atoms with Crippen molar-refractivity contribution in [3.63, 3.8) is 0 Å². The van der Waals surface area contributed by atoms with E-state index in [1.807, 2.05) is 60.7 Å². The molecule has 0 amide bonds. The predicted octanol–water partition coefficient (Wildman–Crippen LogP) is 6.86. The Labute approximate surface area is 200 Å². The number of benzene rings is 5. The average molecular weight is 457 g/mol. The molecule has 0 spiro atoms. The van der Waals surface area contributed by atoms with Crippen LogP contribution in [-0.4, -0.2) is 0 Å². The topological polar surface area (TPSA) is 17.1 Å². The summed E-state index contributed by atoms with van der Waals surface area (Å²) < 4.78 is 15.4. The number of allylic oxidation sites excluding steroid dienone is 1. The highest BCUT2D eigenvalue weighted by molar-refractivity contribution is 7.85. The molecule has 5 aromatic rings. The molecule has 0 saturated carbocycles. The Kier molecular flexibility index (Phi) is 5.28.